The van der Waals surface area contributed by atoms with E-state index in [4.69, 9.17) is 23.7 Å². The molecule has 2 saturated heterocycles. The maximum absolute atomic E-state index is 14.1. The molecule has 44 heavy (non-hydrogen) atoms. The standard InChI is InChI=1S/C32H42N2O9S/c1-39-24-13-14-30-28(20-24)40-17-10-5-3-2-4-9-16-34(44(30,37)38)21-27(35)26(19-23-11-7-6-8-12-23)33-32(36)43-29-22-42-31-25(29)15-18-41-31/h3,5-8,11-14,20,25-27,29,31,35H,2,4,9-10,15-19,21-22H2,1H3,(H,33,36)/b5-3+/t25?,26-,27+,29?,31?/m0/s1. The number of sulfonamides is 1. The normalized spacial score (nSPS) is 25.9. The van der Waals surface area contributed by atoms with Crippen LogP contribution >= 0.6 is 0 Å². The van der Waals surface area contributed by atoms with Gasteiger partial charge in [0.2, 0.25) is 10.0 Å². The number of allylic oxidation sites excluding steroid dienone is 1. The van der Waals surface area contributed by atoms with Gasteiger partial charge >= 0.3 is 6.09 Å². The Hall–Kier alpha value is -3.16. The number of carbonyl (C=O) groups excluding carboxylic acids is 1. The number of aliphatic hydroxyl groups is 1. The number of carbonyl (C=O) groups is 1. The molecule has 2 aromatic rings. The van der Waals surface area contributed by atoms with E-state index < -0.39 is 34.4 Å². The van der Waals surface area contributed by atoms with E-state index in [0.717, 1.165) is 24.8 Å². The highest BCUT2D eigenvalue weighted by molar-refractivity contribution is 7.89. The van der Waals surface area contributed by atoms with Crippen LogP contribution in [0.3, 0.4) is 0 Å². The molecule has 11 nitrogen and oxygen atoms in total. The first-order valence-electron chi connectivity index (χ1n) is 15.2. The van der Waals surface area contributed by atoms with Crippen molar-refractivity contribution < 1.29 is 42.0 Å². The SMILES string of the molecule is COc1ccc2c(c1)OCC/C=C/CCCCN(C[C@@H](O)[C@H](Cc1ccccc1)NC(=O)OC1COC3OCCC13)S2(=O)=O. The van der Waals surface area contributed by atoms with Gasteiger partial charge in [0.15, 0.2) is 6.29 Å². The lowest BCUT2D eigenvalue weighted by Crippen LogP contribution is -2.51. The number of fused-ring (bicyclic) bond motifs is 2. The van der Waals surface area contributed by atoms with E-state index in [1.54, 1.807) is 12.1 Å². The number of rotatable bonds is 8. The number of nitrogens with one attached hydrogen (secondary N) is 1. The molecule has 2 aromatic carbocycles. The van der Waals surface area contributed by atoms with Crippen LogP contribution in [-0.2, 0) is 30.7 Å². The van der Waals surface area contributed by atoms with Gasteiger partial charge < -0.3 is 34.1 Å². The quantitative estimate of drug-likeness (QED) is 0.420. The van der Waals surface area contributed by atoms with Gasteiger partial charge in [-0.05, 0) is 56.2 Å². The van der Waals surface area contributed by atoms with Crippen molar-refractivity contribution in [2.45, 2.75) is 68.0 Å². The number of amides is 1. The molecule has 240 valence electrons. The van der Waals surface area contributed by atoms with E-state index in [1.165, 1.54) is 17.5 Å². The Balaban J connectivity index is 1.37. The second kappa shape index (κ2) is 15.2. The first kappa shape index (κ1) is 32.2. The van der Waals surface area contributed by atoms with Crippen molar-refractivity contribution in [1.82, 2.24) is 9.62 Å². The maximum atomic E-state index is 14.1. The van der Waals surface area contributed by atoms with Crippen molar-refractivity contribution in [1.29, 1.82) is 0 Å². The van der Waals surface area contributed by atoms with E-state index in [-0.39, 0.29) is 49.0 Å². The first-order chi connectivity index (χ1) is 21.3. The zero-order valence-corrected chi connectivity index (χ0v) is 25.8. The Labute approximate surface area is 259 Å². The molecule has 5 rings (SSSR count). The molecule has 2 fully saturated rings. The summed E-state index contributed by atoms with van der Waals surface area (Å²) < 4.78 is 57.6. The minimum absolute atomic E-state index is 0.00438. The van der Waals surface area contributed by atoms with E-state index >= 15 is 0 Å². The third-order valence-corrected chi connectivity index (χ3v) is 10.1. The molecule has 0 spiro atoms. The van der Waals surface area contributed by atoms with Gasteiger partial charge in [0.05, 0.1) is 45.0 Å². The van der Waals surface area contributed by atoms with E-state index in [2.05, 4.69) is 11.4 Å². The Morgan fingerprint density at radius 3 is 2.73 bits per heavy atom. The molecule has 3 aliphatic rings. The second-order valence-electron chi connectivity index (χ2n) is 11.3. The Bertz CT molecular complexity index is 1370. The molecule has 0 aliphatic carbocycles. The van der Waals surface area contributed by atoms with Crippen LogP contribution in [0, 0.1) is 5.92 Å². The fourth-order valence-electron chi connectivity index (χ4n) is 5.77. The summed E-state index contributed by atoms with van der Waals surface area (Å²) >= 11 is 0. The van der Waals surface area contributed by atoms with E-state index in [1.807, 2.05) is 36.4 Å². The van der Waals surface area contributed by atoms with Crippen molar-refractivity contribution in [3.63, 3.8) is 0 Å². The van der Waals surface area contributed by atoms with Gasteiger partial charge in [-0.3, -0.25) is 0 Å². The average molecular weight is 631 g/mol. The number of ether oxygens (including phenoxy) is 5. The van der Waals surface area contributed by atoms with Crippen molar-refractivity contribution in [3.05, 3.63) is 66.2 Å². The minimum atomic E-state index is -4.11. The number of benzene rings is 2. The molecule has 3 aliphatic heterocycles. The van der Waals surface area contributed by atoms with Crippen LogP contribution < -0.4 is 14.8 Å². The minimum Gasteiger partial charge on any atom is -0.497 e. The van der Waals surface area contributed by atoms with Gasteiger partial charge in [0.25, 0.3) is 0 Å². The molecule has 12 heteroatoms. The molecular formula is C32H42N2O9S. The zero-order valence-electron chi connectivity index (χ0n) is 25.0. The number of hydrogen-bond acceptors (Lipinski definition) is 9. The summed E-state index contributed by atoms with van der Waals surface area (Å²) in [5, 5.41) is 14.4. The average Bonchev–Trinajstić information content (AvgIpc) is 3.64. The number of methoxy groups -OCH3 is 1. The topological polar surface area (TPSA) is 133 Å². The Morgan fingerprint density at radius 1 is 1.09 bits per heavy atom. The molecule has 0 bridgehead atoms. The predicted octanol–water partition coefficient (Wildman–Crippen LogP) is 3.65. The predicted molar refractivity (Wildman–Crippen MR) is 162 cm³/mol. The largest absolute Gasteiger partial charge is 0.497 e. The summed E-state index contributed by atoms with van der Waals surface area (Å²) in [5.41, 5.74) is 0.871. The van der Waals surface area contributed by atoms with Gasteiger partial charge in [-0.25, -0.2) is 13.2 Å². The zero-order chi connectivity index (χ0) is 30.9. The lowest BCUT2D eigenvalue weighted by atomic mass is 10.0. The highest BCUT2D eigenvalue weighted by atomic mass is 32.2. The van der Waals surface area contributed by atoms with Gasteiger partial charge in [-0.1, -0.05) is 42.5 Å². The van der Waals surface area contributed by atoms with Crippen LogP contribution in [0.5, 0.6) is 11.5 Å². The van der Waals surface area contributed by atoms with Crippen molar-refractivity contribution >= 4 is 16.1 Å². The maximum Gasteiger partial charge on any atom is 0.407 e. The molecule has 3 unspecified atom stereocenters. The summed E-state index contributed by atoms with van der Waals surface area (Å²) in [7, 11) is -2.60. The van der Waals surface area contributed by atoms with Crippen LogP contribution in [-0.4, -0.2) is 88.5 Å². The van der Waals surface area contributed by atoms with E-state index in [0.29, 0.717) is 31.8 Å². The van der Waals surface area contributed by atoms with Crippen molar-refractivity contribution in [3.8, 4) is 11.5 Å². The third kappa shape index (κ3) is 8.10. The van der Waals surface area contributed by atoms with Crippen LogP contribution in [0.1, 0.15) is 37.7 Å². The van der Waals surface area contributed by atoms with Gasteiger partial charge in [-0.2, -0.15) is 4.31 Å². The molecule has 0 saturated carbocycles. The van der Waals surface area contributed by atoms with Gasteiger partial charge in [0.1, 0.15) is 22.5 Å². The summed E-state index contributed by atoms with van der Waals surface area (Å²) in [4.78, 5) is 13.1. The second-order valence-corrected chi connectivity index (χ2v) is 13.2. The first-order valence-corrected chi connectivity index (χ1v) is 16.7. The highest BCUT2D eigenvalue weighted by Crippen LogP contribution is 2.34. The molecule has 2 N–H and O–H groups in total. The highest BCUT2D eigenvalue weighted by Gasteiger charge is 2.44. The number of hydrogen-bond donors (Lipinski definition) is 2. The van der Waals surface area contributed by atoms with Gasteiger partial charge in [0, 0.05) is 19.2 Å². The van der Waals surface area contributed by atoms with E-state index in [9.17, 15) is 18.3 Å². The molecule has 3 heterocycles. The molecule has 5 atom stereocenters. The lowest BCUT2D eigenvalue weighted by Gasteiger charge is -2.30. The molecule has 0 aromatic heterocycles. The lowest BCUT2D eigenvalue weighted by molar-refractivity contribution is -0.0907. The summed E-state index contributed by atoms with van der Waals surface area (Å²) in [6.07, 6.45) is 5.14. The smallest absolute Gasteiger partial charge is 0.407 e. The van der Waals surface area contributed by atoms with Crippen molar-refractivity contribution in [2.24, 2.45) is 5.92 Å². The van der Waals surface area contributed by atoms with Crippen LogP contribution in [0.2, 0.25) is 0 Å². The fraction of sp³-hybridized carbons (Fsp3) is 0.531. The Morgan fingerprint density at radius 2 is 1.91 bits per heavy atom. The number of alkyl carbamates (subject to hydrolysis) is 1. The summed E-state index contributed by atoms with van der Waals surface area (Å²) in [5.74, 6) is 0.622. The monoisotopic (exact) mass is 630 g/mol. The molecule has 0 radical (unpaired) electrons. The number of β-amino-alcohol motifs (C(OH)–C–C–N with tert-alkyl or cyclic N) is 1. The number of aliphatic hydroxyl groups excluding tert-OH is 1. The van der Waals surface area contributed by atoms with Gasteiger partial charge in [-0.15, -0.1) is 0 Å². The molecule has 1 amide bonds. The van der Waals surface area contributed by atoms with Crippen molar-refractivity contribution in [2.75, 3.05) is 40.0 Å². The Kier molecular flexibility index (Phi) is 11.2. The molecular weight excluding hydrogens is 588 g/mol. The summed E-state index contributed by atoms with van der Waals surface area (Å²) in [6, 6.07) is 13.2. The van der Waals surface area contributed by atoms with Crippen LogP contribution in [0.25, 0.3) is 0 Å². The fourth-order valence-corrected chi connectivity index (χ4v) is 7.38. The number of nitrogens with zero attached hydrogens (tertiary/aromatic N) is 1. The van der Waals surface area contributed by atoms with Crippen LogP contribution in [0.15, 0.2) is 65.6 Å². The third-order valence-electron chi connectivity index (χ3n) is 8.21. The van der Waals surface area contributed by atoms with Crippen LogP contribution in [0.4, 0.5) is 4.79 Å². The summed E-state index contributed by atoms with van der Waals surface area (Å²) in [6.45, 7) is 1.03.